The third-order valence-corrected chi connectivity index (χ3v) is 4.96. The Balaban J connectivity index is 1.36. The van der Waals surface area contributed by atoms with Gasteiger partial charge in [0.05, 0.1) is 17.5 Å². The van der Waals surface area contributed by atoms with Gasteiger partial charge in [0.15, 0.2) is 0 Å². The topological polar surface area (TPSA) is 77.8 Å². The van der Waals surface area contributed by atoms with Crippen molar-refractivity contribution in [2.75, 3.05) is 5.32 Å². The molecule has 2 aromatic carbocycles. The first-order valence-corrected chi connectivity index (χ1v) is 9.90. The van der Waals surface area contributed by atoms with Gasteiger partial charge in [-0.05, 0) is 61.0 Å². The molecule has 0 amide bonds. The van der Waals surface area contributed by atoms with Crippen LogP contribution < -0.4 is 10.1 Å². The fraction of sp³-hybridized carbons (Fsp3) is 0.0833. The Hall–Kier alpha value is -4.26. The van der Waals surface area contributed by atoms with Crippen molar-refractivity contribution in [2.45, 2.75) is 13.5 Å². The van der Waals surface area contributed by atoms with E-state index in [2.05, 4.69) is 25.3 Å². The number of anilines is 2. The minimum atomic E-state index is 0.435. The third kappa shape index (κ3) is 4.06. The molecule has 0 saturated carbocycles. The number of aryl methyl sites for hydroxylation is 1. The molecule has 7 nitrogen and oxygen atoms in total. The molecular formula is C24H20N6O. The summed E-state index contributed by atoms with van der Waals surface area (Å²) >= 11 is 0. The molecule has 3 heterocycles. The number of imidazole rings is 1. The maximum absolute atomic E-state index is 5.92. The van der Waals surface area contributed by atoms with Gasteiger partial charge in [-0.2, -0.15) is 0 Å². The second-order valence-corrected chi connectivity index (χ2v) is 7.11. The minimum absolute atomic E-state index is 0.435. The van der Waals surface area contributed by atoms with Gasteiger partial charge in [0.2, 0.25) is 0 Å². The number of ether oxygens (including phenoxy) is 1. The predicted octanol–water partition coefficient (Wildman–Crippen LogP) is 4.84. The highest BCUT2D eigenvalue weighted by molar-refractivity contribution is 5.91. The molecule has 0 atom stereocenters. The third-order valence-electron chi connectivity index (χ3n) is 4.96. The number of hydrogen-bond donors (Lipinski definition) is 1. The fourth-order valence-electron chi connectivity index (χ4n) is 3.38. The van der Waals surface area contributed by atoms with Crippen molar-refractivity contribution in [1.29, 1.82) is 0 Å². The molecule has 152 valence electrons. The molecule has 1 N–H and O–H groups in total. The summed E-state index contributed by atoms with van der Waals surface area (Å²) in [4.78, 5) is 17.3. The zero-order chi connectivity index (χ0) is 21.0. The van der Waals surface area contributed by atoms with E-state index in [1.165, 1.54) is 0 Å². The lowest BCUT2D eigenvalue weighted by Gasteiger charge is -2.13. The maximum atomic E-state index is 5.92. The highest BCUT2D eigenvalue weighted by Gasteiger charge is 2.08. The maximum Gasteiger partial charge on any atom is 0.141 e. The summed E-state index contributed by atoms with van der Waals surface area (Å²) in [5.74, 6) is 1.58. The summed E-state index contributed by atoms with van der Waals surface area (Å²) in [5.41, 5.74) is 4.71. The van der Waals surface area contributed by atoms with Crippen LogP contribution >= 0.6 is 0 Å². The summed E-state index contributed by atoms with van der Waals surface area (Å²) in [7, 11) is 0. The van der Waals surface area contributed by atoms with Gasteiger partial charge in [-0.25, -0.2) is 15.0 Å². The smallest absolute Gasteiger partial charge is 0.141 e. The van der Waals surface area contributed by atoms with E-state index in [-0.39, 0.29) is 0 Å². The van der Waals surface area contributed by atoms with Crippen LogP contribution in [0.3, 0.4) is 0 Å². The van der Waals surface area contributed by atoms with Crippen LogP contribution in [0.25, 0.3) is 16.6 Å². The van der Waals surface area contributed by atoms with Crippen LogP contribution in [0.2, 0.25) is 0 Å². The molecule has 0 aliphatic carbocycles. The number of fused-ring (bicyclic) bond motifs is 1. The van der Waals surface area contributed by atoms with E-state index in [1.807, 2.05) is 72.3 Å². The summed E-state index contributed by atoms with van der Waals surface area (Å²) in [6, 6.07) is 17.8. The number of aromatic nitrogens is 5. The Bertz CT molecular complexity index is 1320. The Morgan fingerprint density at radius 1 is 0.968 bits per heavy atom. The van der Waals surface area contributed by atoms with Crippen LogP contribution in [0.5, 0.6) is 5.75 Å². The van der Waals surface area contributed by atoms with E-state index in [1.54, 1.807) is 25.0 Å². The second kappa shape index (κ2) is 8.23. The first kappa shape index (κ1) is 18.7. The molecule has 0 aliphatic rings. The van der Waals surface area contributed by atoms with Crippen molar-refractivity contribution in [3.05, 3.63) is 97.1 Å². The largest absolute Gasteiger partial charge is 0.487 e. The molecule has 5 rings (SSSR count). The Morgan fingerprint density at radius 3 is 2.74 bits per heavy atom. The molecule has 0 aliphatic heterocycles. The van der Waals surface area contributed by atoms with Crippen molar-refractivity contribution in [2.24, 2.45) is 0 Å². The average molecular weight is 408 g/mol. The quantitative estimate of drug-likeness (QED) is 0.433. The first-order chi connectivity index (χ1) is 15.3. The molecule has 0 spiro atoms. The number of pyridine rings is 1. The number of rotatable bonds is 6. The van der Waals surface area contributed by atoms with Crippen molar-refractivity contribution in [3.63, 3.8) is 0 Å². The van der Waals surface area contributed by atoms with Gasteiger partial charge in [0, 0.05) is 35.4 Å². The SMILES string of the molecule is Cc1cc(Nc2ncnc3cc(-n4ccnc4)ccc23)ccc1OCc1ccccn1. The molecule has 0 bridgehead atoms. The standard InChI is InChI=1S/C24H20N6O/c1-17-12-18(5-8-23(17)31-14-19-4-2-3-9-26-19)29-24-21-7-6-20(30-11-10-25-16-30)13-22(21)27-15-28-24/h2-13,15-16H,14H2,1H3,(H,27,28,29). The zero-order valence-electron chi connectivity index (χ0n) is 16.9. The normalized spacial score (nSPS) is 10.9. The highest BCUT2D eigenvalue weighted by Crippen LogP contribution is 2.28. The first-order valence-electron chi connectivity index (χ1n) is 9.90. The summed E-state index contributed by atoms with van der Waals surface area (Å²) in [6.45, 7) is 2.46. The van der Waals surface area contributed by atoms with Gasteiger partial charge in [-0.1, -0.05) is 6.07 Å². The van der Waals surface area contributed by atoms with Gasteiger partial charge in [-0.3, -0.25) is 4.98 Å². The monoisotopic (exact) mass is 408 g/mol. The average Bonchev–Trinajstić information content (AvgIpc) is 3.34. The fourth-order valence-corrected chi connectivity index (χ4v) is 3.38. The van der Waals surface area contributed by atoms with Gasteiger partial charge in [-0.15, -0.1) is 0 Å². The van der Waals surface area contributed by atoms with Crippen LogP contribution in [0.15, 0.2) is 85.8 Å². The Labute approximate surface area is 179 Å². The van der Waals surface area contributed by atoms with Crippen LogP contribution in [-0.2, 0) is 6.61 Å². The van der Waals surface area contributed by atoms with E-state index < -0.39 is 0 Å². The van der Waals surface area contributed by atoms with Crippen molar-refractivity contribution in [1.82, 2.24) is 24.5 Å². The van der Waals surface area contributed by atoms with Gasteiger partial charge in [0.25, 0.3) is 0 Å². The predicted molar refractivity (Wildman–Crippen MR) is 120 cm³/mol. The van der Waals surface area contributed by atoms with Gasteiger partial charge < -0.3 is 14.6 Å². The summed E-state index contributed by atoms with van der Waals surface area (Å²) in [5, 5.41) is 4.35. The molecule has 0 saturated heterocycles. The minimum Gasteiger partial charge on any atom is -0.487 e. The van der Waals surface area contributed by atoms with Crippen molar-refractivity contribution in [3.8, 4) is 11.4 Å². The zero-order valence-corrected chi connectivity index (χ0v) is 16.9. The van der Waals surface area contributed by atoms with Crippen LogP contribution in [-0.4, -0.2) is 24.5 Å². The molecule has 7 heteroatoms. The van der Waals surface area contributed by atoms with Crippen LogP contribution in [0, 0.1) is 6.92 Å². The van der Waals surface area contributed by atoms with Gasteiger partial charge in [0.1, 0.15) is 24.5 Å². The second-order valence-electron chi connectivity index (χ2n) is 7.11. The van der Waals surface area contributed by atoms with E-state index >= 15 is 0 Å². The number of nitrogens with one attached hydrogen (secondary N) is 1. The molecule has 31 heavy (non-hydrogen) atoms. The summed E-state index contributed by atoms with van der Waals surface area (Å²) in [6.07, 6.45) is 8.76. The molecular weight excluding hydrogens is 388 g/mol. The van der Waals surface area contributed by atoms with E-state index in [4.69, 9.17) is 4.74 Å². The van der Waals surface area contributed by atoms with E-state index in [0.717, 1.165) is 45.1 Å². The van der Waals surface area contributed by atoms with Gasteiger partial charge >= 0.3 is 0 Å². The molecule has 0 fully saturated rings. The highest BCUT2D eigenvalue weighted by atomic mass is 16.5. The number of hydrogen-bond acceptors (Lipinski definition) is 6. The lowest BCUT2D eigenvalue weighted by molar-refractivity contribution is 0.299. The lowest BCUT2D eigenvalue weighted by atomic mass is 10.1. The van der Waals surface area contributed by atoms with E-state index in [0.29, 0.717) is 6.61 Å². The van der Waals surface area contributed by atoms with Crippen LogP contribution in [0.4, 0.5) is 11.5 Å². The van der Waals surface area contributed by atoms with E-state index in [9.17, 15) is 0 Å². The lowest BCUT2D eigenvalue weighted by Crippen LogP contribution is -2.00. The van der Waals surface area contributed by atoms with Crippen molar-refractivity contribution < 1.29 is 4.74 Å². The van der Waals surface area contributed by atoms with Crippen LogP contribution in [0.1, 0.15) is 11.3 Å². The molecule has 0 unspecified atom stereocenters. The molecule has 3 aromatic heterocycles. The molecule has 0 radical (unpaired) electrons. The molecule has 5 aromatic rings. The number of benzene rings is 2. The summed E-state index contributed by atoms with van der Waals surface area (Å²) < 4.78 is 7.87. The number of nitrogens with zero attached hydrogens (tertiary/aromatic N) is 5. The Kier molecular flexibility index (Phi) is 4.98. The Morgan fingerprint density at radius 2 is 1.94 bits per heavy atom. The van der Waals surface area contributed by atoms with Crippen molar-refractivity contribution >= 4 is 22.4 Å².